The number of aliphatic hydroxyl groups is 4. The van der Waals surface area contributed by atoms with Gasteiger partial charge in [0.05, 0.1) is 38.1 Å². The van der Waals surface area contributed by atoms with E-state index in [1.807, 2.05) is 6.92 Å². The third-order valence-corrected chi connectivity index (χ3v) is 5.03. The molecule has 0 amide bonds. The number of cyclic esters (lactones) is 1. The molecule has 0 aromatic heterocycles. The Balaban J connectivity index is 1.69. The lowest BCUT2D eigenvalue weighted by atomic mass is 9.85. The first-order valence-corrected chi connectivity index (χ1v) is 8.36. The first kappa shape index (κ1) is 18.7. The monoisotopic (exact) mass is 360 g/mol. The van der Waals surface area contributed by atoms with E-state index in [1.165, 1.54) is 0 Å². The van der Waals surface area contributed by atoms with Crippen molar-refractivity contribution in [3.63, 3.8) is 0 Å². The highest BCUT2D eigenvalue weighted by atomic mass is 16.7. The molecule has 3 heterocycles. The van der Waals surface area contributed by atoms with Gasteiger partial charge in [0, 0.05) is 12.3 Å². The van der Waals surface area contributed by atoms with Crippen molar-refractivity contribution < 1.29 is 44.2 Å². The van der Waals surface area contributed by atoms with Crippen LogP contribution in [0.25, 0.3) is 0 Å². The largest absolute Gasteiger partial charge is 0.462 e. The van der Waals surface area contributed by atoms with E-state index < -0.39 is 37.3 Å². The van der Waals surface area contributed by atoms with Crippen molar-refractivity contribution in [3.05, 3.63) is 11.1 Å². The highest BCUT2D eigenvalue weighted by molar-refractivity contribution is 5.90. The summed E-state index contributed by atoms with van der Waals surface area (Å²) in [7, 11) is 0. The van der Waals surface area contributed by atoms with Crippen LogP contribution in [0.2, 0.25) is 0 Å². The normalized spacial score (nSPS) is 42.1. The third-order valence-electron chi connectivity index (χ3n) is 5.03. The van der Waals surface area contributed by atoms with Gasteiger partial charge in [-0.3, -0.25) is 0 Å². The Bertz CT molecular complexity index is 532. The molecule has 0 radical (unpaired) electrons. The minimum Gasteiger partial charge on any atom is -0.462 e. The highest BCUT2D eigenvalue weighted by Crippen LogP contribution is 2.33. The van der Waals surface area contributed by atoms with Crippen LogP contribution in [0, 0.1) is 5.92 Å². The molecule has 0 unspecified atom stereocenters. The SMILES string of the molecule is C[C@H]1OCC2=C(CCOC2=O)[C@H]1CO[C@H]1O[C@@H](CO)[C@@H](O)[C@@H](O)[C@H]1O. The van der Waals surface area contributed by atoms with E-state index in [0.717, 1.165) is 5.57 Å². The lowest BCUT2D eigenvalue weighted by Crippen LogP contribution is -2.59. The predicted octanol–water partition coefficient (Wildman–Crippen LogP) is -1.92. The van der Waals surface area contributed by atoms with E-state index in [9.17, 15) is 25.2 Å². The molecule has 142 valence electrons. The predicted molar refractivity (Wildman–Crippen MR) is 81.2 cm³/mol. The van der Waals surface area contributed by atoms with Crippen molar-refractivity contribution in [1.29, 1.82) is 0 Å². The first-order chi connectivity index (χ1) is 11.9. The maximum atomic E-state index is 11.8. The van der Waals surface area contributed by atoms with Gasteiger partial charge in [-0.15, -0.1) is 0 Å². The summed E-state index contributed by atoms with van der Waals surface area (Å²) in [6.07, 6.45) is -6.21. The number of rotatable bonds is 4. The number of ether oxygens (including phenoxy) is 4. The number of esters is 1. The molecule has 0 aromatic carbocycles. The highest BCUT2D eigenvalue weighted by Gasteiger charge is 2.45. The molecule has 7 atom stereocenters. The molecule has 4 N–H and O–H groups in total. The minimum absolute atomic E-state index is 0.0932. The van der Waals surface area contributed by atoms with Crippen molar-refractivity contribution in [1.82, 2.24) is 0 Å². The van der Waals surface area contributed by atoms with Crippen LogP contribution in [0.5, 0.6) is 0 Å². The fraction of sp³-hybridized carbons (Fsp3) is 0.812. The van der Waals surface area contributed by atoms with Crippen molar-refractivity contribution >= 4 is 5.97 Å². The number of aliphatic hydroxyl groups excluding tert-OH is 4. The van der Waals surface area contributed by atoms with Crippen LogP contribution in [-0.4, -0.2) is 89.6 Å². The molecule has 0 aliphatic carbocycles. The zero-order chi connectivity index (χ0) is 18.1. The Kier molecular flexibility index (Phi) is 5.74. The Morgan fingerprint density at radius 2 is 1.96 bits per heavy atom. The number of hydrogen-bond acceptors (Lipinski definition) is 9. The summed E-state index contributed by atoms with van der Waals surface area (Å²) in [5.74, 6) is -0.602. The standard InChI is InChI=1S/C16H24O9/c1-7-9(8-2-3-22-15(21)10(8)6-23-7)5-24-16-14(20)13(19)12(18)11(4-17)25-16/h7,9,11-14,16-20H,2-6H2,1H3/t7-,9+,11+,12-,13-,14-,16+/m1/s1. The van der Waals surface area contributed by atoms with Crippen LogP contribution in [0.15, 0.2) is 11.1 Å². The zero-order valence-electron chi connectivity index (χ0n) is 13.9. The van der Waals surface area contributed by atoms with E-state index in [1.54, 1.807) is 0 Å². The molecule has 1 saturated heterocycles. The molecule has 9 nitrogen and oxygen atoms in total. The molecule has 0 spiro atoms. The van der Waals surface area contributed by atoms with Gasteiger partial charge in [0.2, 0.25) is 0 Å². The van der Waals surface area contributed by atoms with Gasteiger partial charge in [0.1, 0.15) is 24.4 Å². The van der Waals surface area contributed by atoms with Gasteiger partial charge in [-0.2, -0.15) is 0 Å². The average Bonchev–Trinajstić information content (AvgIpc) is 2.60. The van der Waals surface area contributed by atoms with Gasteiger partial charge in [-0.25, -0.2) is 4.79 Å². The molecule has 25 heavy (non-hydrogen) atoms. The van der Waals surface area contributed by atoms with Crippen LogP contribution < -0.4 is 0 Å². The Hall–Kier alpha value is -1.07. The van der Waals surface area contributed by atoms with Crippen LogP contribution in [-0.2, 0) is 23.7 Å². The molecule has 3 aliphatic rings. The smallest absolute Gasteiger partial charge is 0.336 e. The molecule has 9 heteroatoms. The van der Waals surface area contributed by atoms with Crippen molar-refractivity contribution in [3.8, 4) is 0 Å². The van der Waals surface area contributed by atoms with Crippen LogP contribution in [0.4, 0.5) is 0 Å². The van der Waals surface area contributed by atoms with E-state index in [-0.39, 0.29) is 31.2 Å². The van der Waals surface area contributed by atoms with Crippen LogP contribution in [0.3, 0.4) is 0 Å². The third kappa shape index (κ3) is 3.59. The van der Waals surface area contributed by atoms with E-state index in [4.69, 9.17) is 18.9 Å². The minimum atomic E-state index is -1.49. The molecule has 0 bridgehead atoms. The molecule has 3 aliphatic heterocycles. The number of carbonyl (C=O) groups is 1. The molecule has 0 aromatic rings. The number of carbonyl (C=O) groups excluding carboxylic acids is 1. The molecule has 3 rings (SSSR count). The lowest BCUT2D eigenvalue weighted by Gasteiger charge is -2.41. The topological polar surface area (TPSA) is 135 Å². The Morgan fingerprint density at radius 1 is 1.20 bits per heavy atom. The molecule has 0 saturated carbocycles. The summed E-state index contributed by atoms with van der Waals surface area (Å²) < 4.78 is 21.6. The fourth-order valence-corrected chi connectivity index (χ4v) is 3.44. The maximum absolute atomic E-state index is 11.8. The second kappa shape index (κ2) is 7.67. The first-order valence-electron chi connectivity index (χ1n) is 8.36. The quantitative estimate of drug-likeness (QED) is 0.423. The van der Waals surface area contributed by atoms with Crippen molar-refractivity contribution in [2.24, 2.45) is 5.92 Å². The average molecular weight is 360 g/mol. The van der Waals surface area contributed by atoms with E-state index in [2.05, 4.69) is 0 Å². The Labute approximate surface area is 144 Å². The van der Waals surface area contributed by atoms with Gasteiger partial charge < -0.3 is 39.4 Å². The fourth-order valence-electron chi connectivity index (χ4n) is 3.44. The lowest BCUT2D eigenvalue weighted by molar-refractivity contribution is -0.304. The van der Waals surface area contributed by atoms with Crippen LogP contribution in [0.1, 0.15) is 13.3 Å². The summed E-state index contributed by atoms with van der Waals surface area (Å²) in [4.78, 5) is 11.8. The van der Waals surface area contributed by atoms with E-state index >= 15 is 0 Å². The maximum Gasteiger partial charge on any atom is 0.336 e. The van der Waals surface area contributed by atoms with Crippen molar-refractivity contribution in [2.75, 3.05) is 26.4 Å². The number of hydrogen-bond donors (Lipinski definition) is 4. The molecular formula is C16H24O9. The van der Waals surface area contributed by atoms with Gasteiger partial charge in [-0.1, -0.05) is 0 Å². The zero-order valence-corrected chi connectivity index (χ0v) is 13.9. The van der Waals surface area contributed by atoms with E-state index in [0.29, 0.717) is 18.6 Å². The Morgan fingerprint density at radius 3 is 2.68 bits per heavy atom. The summed E-state index contributed by atoms with van der Waals surface area (Å²) >= 11 is 0. The summed E-state index contributed by atoms with van der Waals surface area (Å²) in [6, 6.07) is 0. The van der Waals surface area contributed by atoms with Gasteiger partial charge in [0.15, 0.2) is 6.29 Å². The second-order valence-corrected chi connectivity index (χ2v) is 6.54. The van der Waals surface area contributed by atoms with Gasteiger partial charge in [-0.05, 0) is 12.5 Å². The van der Waals surface area contributed by atoms with Crippen molar-refractivity contribution in [2.45, 2.75) is 50.2 Å². The summed E-state index contributed by atoms with van der Waals surface area (Å²) in [5, 5.41) is 38.8. The second-order valence-electron chi connectivity index (χ2n) is 6.54. The molecule has 1 fully saturated rings. The van der Waals surface area contributed by atoms with Crippen LogP contribution >= 0.6 is 0 Å². The summed E-state index contributed by atoms with van der Waals surface area (Å²) in [6.45, 7) is 1.95. The molecular weight excluding hydrogens is 336 g/mol. The van der Waals surface area contributed by atoms with Gasteiger partial charge >= 0.3 is 5.97 Å². The summed E-state index contributed by atoms with van der Waals surface area (Å²) in [5.41, 5.74) is 1.42. The van der Waals surface area contributed by atoms with Gasteiger partial charge in [0.25, 0.3) is 0 Å².